The number of hydrogen-bond donors (Lipinski definition) is 2. The van der Waals surface area contributed by atoms with Gasteiger partial charge in [-0.25, -0.2) is 0 Å². The third kappa shape index (κ3) is 3.78. The van der Waals surface area contributed by atoms with Gasteiger partial charge in [-0.2, -0.15) is 0 Å². The van der Waals surface area contributed by atoms with Gasteiger partial charge in [0.1, 0.15) is 0 Å². The number of nitrogens with one attached hydrogen (secondary N) is 1. The van der Waals surface area contributed by atoms with Crippen molar-refractivity contribution in [2.75, 3.05) is 11.9 Å². The number of nitrogens with two attached hydrogens (primary N) is 1. The van der Waals surface area contributed by atoms with Crippen LogP contribution in [0.5, 0.6) is 0 Å². The van der Waals surface area contributed by atoms with Crippen LogP contribution >= 0.6 is 11.6 Å². The van der Waals surface area contributed by atoms with Crippen LogP contribution in [-0.4, -0.2) is 12.5 Å². The molecule has 3 nitrogen and oxygen atoms in total. The van der Waals surface area contributed by atoms with Crippen LogP contribution in [0.4, 0.5) is 5.69 Å². The number of benzene rings is 1. The van der Waals surface area contributed by atoms with Gasteiger partial charge in [-0.15, -0.1) is 0 Å². The molecule has 1 aromatic carbocycles. The monoisotopic (exact) mass is 304 g/mol. The van der Waals surface area contributed by atoms with Crippen molar-refractivity contribution in [3.63, 3.8) is 0 Å². The summed E-state index contributed by atoms with van der Waals surface area (Å²) in [6, 6.07) is 5.31. The molecule has 0 spiro atoms. The second-order valence-electron chi connectivity index (χ2n) is 6.12. The molecule has 0 aliphatic heterocycles. The molecule has 1 aliphatic carbocycles. The van der Waals surface area contributed by atoms with Crippen molar-refractivity contribution in [3.05, 3.63) is 28.8 Å². The van der Waals surface area contributed by atoms with Crippen LogP contribution in [0.25, 0.3) is 0 Å². The fourth-order valence-corrected chi connectivity index (χ4v) is 3.08. The lowest BCUT2D eigenvalue weighted by atomic mass is 9.81. The zero-order chi connectivity index (χ0) is 15.5. The van der Waals surface area contributed by atoms with Crippen molar-refractivity contribution in [3.8, 4) is 11.8 Å². The third-order valence-electron chi connectivity index (χ3n) is 4.14. The van der Waals surface area contributed by atoms with E-state index < -0.39 is 0 Å². The van der Waals surface area contributed by atoms with E-state index in [-0.39, 0.29) is 23.8 Å². The van der Waals surface area contributed by atoms with E-state index in [0.717, 1.165) is 24.8 Å². The van der Waals surface area contributed by atoms with Crippen LogP contribution in [0.1, 0.15) is 38.7 Å². The molecular formula is C17H21ClN2O. The van der Waals surface area contributed by atoms with Crippen LogP contribution in [0, 0.1) is 23.2 Å². The number of amides is 1. The van der Waals surface area contributed by atoms with Crippen LogP contribution < -0.4 is 11.1 Å². The largest absolute Gasteiger partial charge is 0.325 e. The van der Waals surface area contributed by atoms with E-state index in [0.29, 0.717) is 10.7 Å². The highest BCUT2D eigenvalue weighted by Gasteiger charge is 2.39. The Kier molecular flexibility index (Phi) is 4.92. The first-order chi connectivity index (χ1) is 9.94. The predicted molar refractivity (Wildman–Crippen MR) is 87.1 cm³/mol. The molecule has 0 radical (unpaired) electrons. The molecule has 3 N–H and O–H groups in total. The normalized spacial score (nSPS) is 19.7. The summed E-state index contributed by atoms with van der Waals surface area (Å²) in [7, 11) is 0. The average molecular weight is 305 g/mol. The molecule has 1 amide bonds. The number of anilines is 1. The molecule has 1 aromatic rings. The van der Waals surface area contributed by atoms with E-state index in [1.807, 2.05) is 0 Å². The van der Waals surface area contributed by atoms with Gasteiger partial charge in [-0.05, 0) is 36.5 Å². The summed E-state index contributed by atoms with van der Waals surface area (Å²) in [6.45, 7) is 4.58. The predicted octanol–water partition coefficient (Wildman–Crippen LogP) is 3.42. The molecule has 0 aromatic heterocycles. The Bertz CT molecular complexity index is 599. The molecule has 112 valence electrons. The summed E-state index contributed by atoms with van der Waals surface area (Å²) < 4.78 is 0. The minimum Gasteiger partial charge on any atom is -0.325 e. The molecule has 21 heavy (non-hydrogen) atoms. The minimum atomic E-state index is 0.0341. The third-order valence-corrected chi connectivity index (χ3v) is 4.37. The van der Waals surface area contributed by atoms with E-state index in [1.54, 1.807) is 18.2 Å². The molecule has 1 atom stereocenters. The lowest BCUT2D eigenvalue weighted by Crippen LogP contribution is -2.31. The summed E-state index contributed by atoms with van der Waals surface area (Å²) >= 11 is 6.03. The van der Waals surface area contributed by atoms with E-state index in [9.17, 15) is 4.79 Å². The smallest absolute Gasteiger partial charge is 0.228 e. The van der Waals surface area contributed by atoms with Gasteiger partial charge in [0.25, 0.3) is 0 Å². The Morgan fingerprint density at radius 1 is 1.52 bits per heavy atom. The molecule has 2 rings (SSSR count). The Morgan fingerprint density at radius 3 is 2.90 bits per heavy atom. The maximum Gasteiger partial charge on any atom is 0.228 e. The van der Waals surface area contributed by atoms with Crippen molar-refractivity contribution >= 4 is 23.2 Å². The van der Waals surface area contributed by atoms with Gasteiger partial charge in [-0.3, -0.25) is 4.79 Å². The van der Waals surface area contributed by atoms with Crippen molar-refractivity contribution in [1.29, 1.82) is 0 Å². The highest BCUT2D eigenvalue weighted by atomic mass is 35.5. The fraction of sp³-hybridized carbons (Fsp3) is 0.471. The van der Waals surface area contributed by atoms with Crippen LogP contribution in [0.3, 0.4) is 0 Å². The number of hydrogen-bond acceptors (Lipinski definition) is 2. The molecule has 1 unspecified atom stereocenters. The zero-order valence-corrected chi connectivity index (χ0v) is 13.3. The second kappa shape index (κ2) is 6.51. The topological polar surface area (TPSA) is 55.1 Å². The van der Waals surface area contributed by atoms with Crippen molar-refractivity contribution < 1.29 is 4.79 Å². The Hall–Kier alpha value is -1.50. The lowest BCUT2D eigenvalue weighted by molar-refractivity contribution is -0.122. The number of rotatable bonds is 2. The number of halogens is 1. The molecule has 0 bridgehead atoms. The summed E-state index contributed by atoms with van der Waals surface area (Å²) in [5.41, 5.74) is 6.86. The molecular weight excluding hydrogens is 284 g/mol. The van der Waals surface area contributed by atoms with Gasteiger partial charge in [-0.1, -0.05) is 43.7 Å². The first kappa shape index (κ1) is 15.9. The van der Waals surface area contributed by atoms with Gasteiger partial charge in [0, 0.05) is 16.5 Å². The first-order valence-corrected chi connectivity index (χ1v) is 7.61. The van der Waals surface area contributed by atoms with Gasteiger partial charge < -0.3 is 11.1 Å². The van der Waals surface area contributed by atoms with Gasteiger partial charge in [0.15, 0.2) is 0 Å². The van der Waals surface area contributed by atoms with Crippen molar-refractivity contribution in [2.45, 2.75) is 33.1 Å². The standard InChI is InChI=1S/C17H21ClN2O/c1-17(2)9-3-6-14(17)16(21)20-15-11-13(18)8-7-12(15)5-4-10-19/h7-8,11,14H,3,6,9-10,19H2,1-2H3,(H,20,21). The Balaban J connectivity index is 2.22. The summed E-state index contributed by atoms with van der Waals surface area (Å²) in [6.07, 6.45) is 3.12. The van der Waals surface area contributed by atoms with E-state index in [4.69, 9.17) is 17.3 Å². The summed E-state index contributed by atoms with van der Waals surface area (Å²) in [5, 5.41) is 3.57. The minimum absolute atomic E-state index is 0.0341. The van der Waals surface area contributed by atoms with Gasteiger partial charge in [0.05, 0.1) is 12.2 Å². The van der Waals surface area contributed by atoms with Crippen molar-refractivity contribution in [2.24, 2.45) is 17.1 Å². The summed E-state index contributed by atoms with van der Waals surface area (Å²) in [4.78, 5) is 12.5. The van der Waals surface area contributed by atoms with Gasteiger partial charge >= 0.3 is 0 Å². The maximum absolute atomic E-state index is 12.5. The van der Waals surface area contributed by atoms with E-state index in [2.05, 4.69) is 31.0 Å². The molecule has 4 heteroatoms. The quantitative estimate of drug-likeness (QED) is 0.823. The van der Waals surface area contributed by atoms with E-state index >= 15 is 0 Å². The van der Waals surface area contributed by atoms with E-state index in [1.165, 1.54) is 0 Å². The molecule has 1 aliphatic rings. The highest BCUT2D eigenvalue weighted by Crippen LogP contribution is 2.43. The maximum atomic E-state index is 12.5. The van der Waals surface area contributed by atoms with Gasteiger partial charge in [0.2, 0.25) is 5.91 Å². The average Bonchev–Trinajstić information content (AvgIpc) is 2.77. The first-order valence-electron chi connectivity index (χ1n) is 7.23. The Labute approximate surface area is 131 Å². The molecule has 0 heterocycles. The number of carbonyl (C=O) groups excluding carboxylic acids is 1. The molecule has 1 saturated carbocycles. The number of carbonyl (C=O) groups is 1. The van der Waals surface area contributed by atoms with Crippen LogP contribution in [-0.2, 0) is 4.79 Å². The van der Waals surface area contributed by atoms with Crippen LogP contribution in [0.15, 0.2) is 18.2 Å². The van der Waals surface area contributed by atoms with Crippen LogP contribution in [0.2, 0.25) is 5.02 Å². The molecule has 1 fully saturated rings. The van der Waals surface area contributed by atoms with Crippen molar-refractivity contribution in [1.82, 2.24) is 0 Å². The fourth-order valence-electron chi connectivity index (χ4n) is 2.91. The summed E-state index contributed by atoms with van der Waals surface area (Å²) in [5.74, 6) is 5.86. The highest BCUT2D eigenvalue weighted by molar-refractivity contribution is 6.31. The second-order valence-corrected chi connectivity index (χ2v) is 6.55. The Morgan fingerprint density at radius 2 is 2.29 bits per heavy atom. The zero-order valence-electron chi connectivity index (χ0n) is 12.5. The molecule has 0 saturated heterocycles. The lowest BCUT2D eigenvalue weighted by Gasteiger charge is -2.26. The SMILES string of the molecule is CC1(C)CCCC1C(=O)Nc1cc(Cl)ccc1C#CCN.